The summed E-state index contributed by atoms with van der Waals surface area (Å²) in [5.74, 6) is -1.11. The van der Waals surface area contributed by atoms with Crippen molar-refractivity contribution in [1.82, 2.24) is 4.98 Å². The summed E-state index contributed by atoms with van der Waals surface area (Å²) >= 11 is 1.34. The Bertz CT molecular complexity index is 1190. The maximum atomic E-state index is 12.9. The van der Waals surface area contributed by atoms with Gasteiger partial charge in [-0.25, -0.2) is 0 Å². The third-order valence-electron chi connectivity index (χ3n) is 4.46. The lowest BCUT2D eigenvalue weighted by molar-refractivity contribution is -0.0692. The first-order chi connectivity index (χ1) is 16.5. The summed E-state index contributed by atoms with van der Waals surface area (Å²) in [7, 11) is -3.97. The second kappa shape index (κ2) is 11.7. The monoisotopic (exact) mass is 534 g/mol. The minimum Gasteiger partial charge on any atom is -0.431 e. The molecular weight excluding hydrogens is 512 g/mol. The fraction of sp³-hybridized carbons (Fsp3) is 0.318. The molecule has 2 aromatic carbocycles. The number of anilines is 2. The smallest absolute Gasteiger partial charge is 0.387 e. The van der Waals surface area contributed by atoms with Crippen LogP contribution >= 0.6 is 11.3 Å². The molecule has 0 fully saturated rings. The quantitative estimate of drug-likeness (QED) is 0.207. The van der Waals surface area contributed by atoms with Crippen LogP contribution in [-0.4, -0.2) is 33.2 Å². The van der Waals surface area contributed by atoms with Gasteiger partial charge in [-0.15, -0.1) is 11.3 Å². The van der Waals surface area contributed by atoms with E-state index in [9.17, 15) is 26.0 Å². The molecule has 190 valence electrons. The first kappa shape index (κ1) is 26.7. The summed E-state index contributed by atoms with van der Waals surface area (Å²) in [5.41, 5.74) is 2.41. The van der Waals surface area contributed by atoms with Gasteiger partial charge >= 0.3 is 13.2 Å². The number of nitrogens with zero attached hydrogens (tertiary/aromatic N) is 2. The third kappa shape index (κ3) is 7.54. The Hall–Kier alpha value is -2.90. The summed E-state index contributed by atoms with van der Waals surface area (Å²) < 4.78 is 89.8. The topological polar surface area (TPSA) is 78.0 Å². The standard InChI is InChI=1S/C22H22F4N2O5S2/c1-14(2)12-31-35(29,30)18-6-3-15(4-7-18)28(11-17-10-27-13-34-17)16-5-8-19(32-21(23)24)20(9-16)33-22(25)26/h3-10,13-14,21-22H,11-12H2,1-2H3. The number of thiazole rings is 1. The van der Waals surface area contributed by atoms with E-state index >= 15 is 0 Å². The number of hydrogen-bond donors (Lipinski definition) is 0. The van der Waals surface area contributed by atoms with Gasteiger partial charge < -0.3 is 14.4 Å². The van der Waals surface area contributed by atoms with Crippen LogP contribution in [0, 0.1) is 5.92 Å². The number of alkyl halides is 4. The molecule has 0 aliphatic heterocycles. The SMILES string of the molecule is CC(C)COS(=O)(=O)c1ccc(N(Cc2cncs2)c2ccc(OC(F)F)c(OC(F)F)c2)cc1. The summed E-state index contributed by atoms with van der Waals surface area (Å²) in [5, 5.41) is 0. The number of hydrogen-bond acceptors (Lipinski definition) is 8. The summed E-state index contributed by atoms with van der Waals surface area (Å²) in [6.45, 7) is -2.61. The molecule has 3 aromatic rings. The molecule has 13 heteroatoms. The summed E-state index contributed by atoms with van der Waals surface area (Å²) in [6.07, 6.45) is 1.61. The Morgan fingerprint density at radius 1 is 0.943 bits per heavy atom. The van der Waals surface area contributed by atoms with Crippen molar-refractivity contribution in [2.45, 2.75) is 38.5 Å². The van der Waals surface area contributed by atoms with Crippen LogP contribution in [0.2, 0.25) is 0 Å². The average Bonchev–Trinajstić information content (AvgIpc) is 3.30. The van der Waals surface area contributed by atoms with Crippen LogP contribution in [-0.2, 0) is 20.8 Å². The van der Waals surface area contributed by atoms with Gasteiger partial charge in [0, 0.05) is 28.5 Å². The Kier molecular flexibility index (Phi) is 8.92. The zero-order valence-electron chi connectivity index (χ0n) is 18.6. The summed E-state index contributed by atoms with van der Waals surface area (Å²) in [6, 6.07) is 9.38. The highest BCUT2D eigenvalue weighted by Gasteiger charge is 2.21. The number of rotatable bonds is 12. The molecule has 1 heterocycles. The molecule has 0 radical (unpaired) electrons. The maximum Gasteiger partial charge on any atom is 0.387 e. The second-order valence-electron chi connectivity index (χ2n) is 7.57. The third-order valence-corrected chi connectivity index (χ3v) is 6.52. The van der Waals surface area contributed by atoms with Crippen molar-refractivity contribution in [1.29, 1.82) is 0 Å². The van der Waals surface area contributed by atoms with Gasteiger partial charge in [-0.3, -0.25) is 9.17 Å². The molecule has 3 rings (SSSR count). The molecule has 0 N–H and O–H groups in total. The average molecular weight is 535 g/mol. The minimum absolute atomic E-state index is 0.0145. The van der Waals surface area contributed by atoms with Crippen molar-refractivity contribution in [2.24, 2.45) is 5.92 Å². The van der Waals surface area contributed by atoms with Crippen LogP contribution in [0.1, 0.15) is 18.7 Å². The Morgan fingerprint density at radius 2 is 1.57 bits per heavy atom. The first-order valence-electron chi connectivity index (χ1n) is 10.2. The molecule has 1 aromatic heterocycles. The van der Waals surface area contributed by atoms with Crippen LogP contribution in [0.25, 0.3) is 0 Å². The van der Waals surface area contributed by atoms with Crippen molar-refractivity contribution >= 4 is 32.8 Å². The van der Waals surface area contributed by atoms with Gasteiger partial charge in [-0.1, -0.05) is 13.8 Å². The van der Waals surface area contributed by atoms with Gasteiger partial charge in [0.2, 0.25) is 0 Å². The second-order valence-corrected chi connectivity index (χ2v) is 10.2. The fourth-order valence-electron chi connectivity index (χ4n) is 2.94. The molecule has 0 atom stereocenters. The van der Waals surface area contributed by atoms with Crippen LogP contribution in [0.4, 0.5) is 28.9 Å². The van der Waals surface area contributed by atoms with Gasteiger partial charge in [0.05, 0.1) is 23.6 Å². The zero-order chi connectivity index (χ0) is 25.6. The van der Waals surface area contributed by atoms with Gasteiger partial charge in [-0.2, -0.15) is 26.0 Å². The molecule has 0 aliphatic carbocycles. The predicted molar refractivity (Wildman–Crippen MR) is 122 cm³/mol. The lowest BCUT2D eigenvalue weighted by Gasteiger charge is -2.26. The highest BCUT2D eigenvalue weighted by molar-refractivity contribution is 7.86. The number of aromatic nitrogens is 1. The van der Waals surface area contributed by atoms with E-state index in [1.807, 2.05) is 13.8 Å². The van der Waals surface area contributed by atoms with Gasteiger partial charge in [0.25, 0.3) is 10.1 Å². The van der Waals surface area contributed by atoms with E-state index in [0.29, 0.717) is 11.4 Å². The van der Waals surface area contributed by atoms with Crippen molar-refractivity contribution in [3.8, 4) is 11.5 Å². The van der Waals surface area contributed by atoms with E-state index in [2.05, 4.69) is 14.5 Å². The van der Waals surface area contributed by atoms with Crippen molar-refractivity contribution < 1.29 is 39.6 Å². The molecule has 0 spiro atoms. The molecule has 0 saturated carbocycles. The molecular formula is C22H22F4N2O5S2. The van der Waals surface area contributed by atoms with Crippen molar-refractivity contribution in [3.05, 3.63) is 59.0 Å². The molecule has 0 bridgehead atoms. The maximum absolute atomic E-state index is 12.9. The Morgan fingerprint density at radius 3 is 2.14 bits per heavy atom. The van der Waals surface area contributed by atoms with Gasteiger partial charge in [0.15, 0.2) is 11.5 Å². The van der Waals surface area contributed by atoms with Crippen molar-refractivity contribution in [2.75, 3.05) is 11.5 Å². The molecule has 0 aliphatic rings. The van der Waals surface area contributed by atoms with Crippen LogP contribution in [0.5, 0.6) is 11.5 Å². The van der Waals surface area contributed by atoms with Crippen LogP contribution in [0.15, 0.2) is 59.1 Å². The van der Waals surface area contributed by atoms with E-state index in [0.717, 1.165) is 17.0 Å². The lowest BCUT2D eigenvalue weighted by Crippen LogP contribution is -2.17. The molecule has 7 nitrogen and oxygen atoms in total. The largest absolute Gasteiger partial charge is 0.431 e. The number of benzene rings is 2. The minimum atomic E-state index is -3.97. The molecule has 0 unspecified atom stereocenters. The molecule has 35 heavy (non-hydrogen) atoms. The van der Waals surface area contributed by atoms with E-state index in [1.54, 1.807) is 16.6 Å². The zero-order valence-corrected chi connectivity index (χ0v) is 20.2. The van der Waals surface area contributed by atoms with Crippen molar-refractivity contribution in [3.63, 3.8) is 0 Å². The number of halogens is 4. The fourth-order valence-corrected chi connectivity index (χ4v) is 4.58. The molecule has 0 amide bonds. The Labute approximate surface area is 204 Å². The first-order valence-corrected chi connectivity index (χ1v) is 12.5. The lowest BCUT2D eigenvalue weighted by atomic mass is 10.2. The highest BCUT2D eigenvalue weighted by Crippen LogP contribution is 2.38. The highest BCUT2D eigenvalue weighted by atomic mass is 32.2. The molecule has 0 saturated heterocycles. The Balaban J connectivity index is 1.98. The number of ether oxygens (including phenoxy) is 2. The van der Waals surface area contributed by atoms with E-state index in [-0.39, 0.29) is 24.0 Å². The van der Waals surface area contributed by atoms with Crippen LogP contribution in [0.3, 0.4) is 0 Å². The van der Waals surface area contributed by atoms with E-state index in [4.69, 9.17) is 4.18 Å². The summed E-state index contributed by atoms with van der Waals surface area (Å²) in [4.78, 5) is 6.42. The van der Waals surface area contributed by atoms with Gasteiger partial charge in [-0.05, 0) is 42.3 Å². The van der Waals surface area contributed by atoms with E-state index in [1.165, 1.54) is 41.7 Å². The van der Waals surface area contributed by atoms with E-state index < -0.39 is 34.8 Å². The normalized spacial score (nSPS) is 11.9. The van der Waals surface area contributed by atoms with Gasteiger partial charge in [0.1, 0.15) is 0 Å². The predicted octanol–water partition coefficient (Wildman–Crippen LogP) is 6.05. The van der Waals surface area contributed by atoms with Crippen LogP contribution < -0.4 is 14.4 Å².